The molecule has 9 N–H and O–H groups in total. The first-order valence-corrected chi connectivity index (χ1v) is 21.0. The lowest BCUT2D eigenvalue weighted by atomic mass is 9.93. The number of aryl methyl sites for hydroxylation is 1. The lowest BCUT2D eigenvalue weighted by molar-refractivity contribution is -0.0192. The maximum atomic E-state index is 13.1. The van der Waals surface area contributed by atoms with Crippen LogP contribution in [0.25, 0.3) is 0 Å². The number of esters is 2. The predicted molar refractivity (Wildman–Crippen MR) is 244 cm³/mol. The zero-order valence-electron chi connectivity index (χ0n) is 38.2. The van der Waals surface area contributed by atoms with Gasteiger partial charge in [-0.15, -0.1) is 0 Å². The van der Waals surface area contributed by atoms with E-state index in [4.69, 9.17) is 42.6 Å². The molecule has 0 saturated carbocycles. The third-order valence-electron chi connectivity index (χ3n) is 11.4. The molecular formula is C50H48O20. The van der Waals surface area contributed by atoms with Gasteiger partial charge in [-0.3, -0.25) is 0 Å². The fourth-order valence-corrected chi connectivity index (χ4v) is 7.98. The van der Waals surface area contributed by atoms with Crippen LogP contribution in [0.3, 0.4) is 0 Å². The first-order chi connectivity index (χ1) is 33.4. The number of ether oxygens (including phenoxy) is 9. The second-order valence-corrected chi connectivity index (χ2v) is 15.9. The van der Waals surface area contributed by atoms with Crippen LogP contribution in [0.15, 0.2) is 78.9 Å². The van der Waals surface area contributed by atoms with E-state index in [1.807, 2.05) is 0 Å². The number of rotatable bonds is 11. The van der Waals surface area contributed by atoms with Crippen LogP contribution in [0.2, 0.25) is 0 Å². The van der Waals surface area contributed by atoms with E-state index in [2.05, 4.69) is 0 Å². The van der Waals surface area contributed by atoms with Gasteiger partial charge >= 0.3 is 11.9 Å². The van der Waals surface area contributed by atoms with Gasteiger partial charge in [0.05, 0.1) is 46.7 Å². The summed E-state index contributed by atoms with van der Waals surface area (Å²) < 4.78 is 50.5. The Hall–Kier alpha value is -8.94. The molecule has 20 heteroatoms. The normalized spacial score (nSPS) is 16.6. The maximum absolute atomic E-state index is 13.1. The monoisotopic (exact) mass is 968 g/mol. The van der Waals surface area contributed by atoms with E-state index in [0.717, 1.165) is 24.3 Å². The second-order valence-electron chi connectivity index (χ2n) is 15.9. The lowest BCUT2D eigenvalue weighted by Gasteiger charge is -2.34. The zero-order valence-corrected chi connectivity index (χ0v) is 38.2. The van der Waals surface area contributed by atoms with Crippen molar-refractivity contribution < 1.29 is 98.2 Å². The number of aromatic hydroxyl groups is 9. The molecule has 368 valence electrons. The molecule has 0 spiro atoms. The van der Waals surface area contributed by atoms with Crippen LogP contribution in [0.4, 0.5) is 0 Å². The number of carbonyl (C=O) groups excluding carboxylic acids is 2. The van der Waals surface area contributed by atoms with Gasteiger partial charge in [0.25, 0.3) is 0 Å². The van der Waals surface area contributed by atoms with Crippen LogP contribution < -0.4 is 33.2 Å². The number of phenolic OH excluding ortho intramolecular Hbond substituents is 9. The largest absolute Gasteiger partial charge is 0.508 e. The minimum atomic E-state index is -0.966. The summed E-state index contributed by atoms with van der Waals surface area (Å²) in [7, 11) is 7.36. The second kappa shape index (κ2) is 20.1. The van der Waals surface area contributed by atoms with E-state index in [1.54, 1.807) is 30.3 Å². The summed E-state index contributed by atoms with van der Waals surface area (Å²) >= 11 is 0. The molecule has 0 unspecified atom stereocenters. The Kier molecular flexibility index (Phi) is 14.1. The third-order valence-corrected chi connectivity index (χ3v) is 11.4. The van der Waals surface area contributed by atoms with Crippen molar-refractivity contribution in [2.24, 2.45) is 0 Å². The van der Waals surface area contributed by atoms with Crippen molar-refractivity contribution in [3.8, 4) is 92.0 Å². The van der Waals surface area contributed by atoms with Crippen LogP contribution in [-0.2, 0) is 22.3 Å². The third kappa shape index (κ3) is 9.87. The summed E-state index contributed by atoms with van der Waals surface area (Å²) in [5, 5.41) is 89.3. The molecule has 6 aromatic carbocycles. The molecule has 2 heterocycles. The summed E-state index contributed by atoms with van der Waals surface area (Å²) in [4.78, 5) is 25.9. The Balaban J connectivity index is 0.000000207. The smallest absolute Gasteiger partial charge is 0.338 e. The van der Waals surface area contributed by atoms with E-state index in [0.29, 0.717) is 56.6 Å². The summed E-state index contributed by atoms with van der Waals surface area (Å²) in [6.45, 7) is 1.54. The summed E-state index contributed by atoms with van der Waals surface area (Å²) in [6, 6.07) is 17.7. The molecule has 2 aliphatic rings. The number of hydrogen-bond donors (Lipinski definition) is 9. The van der Waals surface area contributed by atoms with Crippen molar-refractivity contribution in [3.05, 3.63) is 118 Å². The van der Waals surface area contributed by atoms with Gasteiger partial charge in [0.1, 0.15) is 46.7 Å². The van der Waals surface area contributed by atoms with E-state index >= 15 is 0 Å². The quantitative estimate of drug-likeness (QED) is 0.0472. The van der Waals surface area contributed by atoms with Crippen molar-refractivity contribution in [3.63, 3.8) is 0 Å². The van der Waals surface area contributed by atoms with Gasteiger partial charge in [-0.1, -0.05) is 6.07 Å². The number of benzene rings is 6. The molecule has 8 rings (SSSR count). The highest BCUT2D eigenvalue weighted by molar-refractivity contribution is 5.92. The molecule has 0 aliphatic carbocycles. The van der Waals surface area contributed by atoms with Gasteiger partial charge in [0.2, 0.25) is 5.75 Å². The molecule has 6 aromatic rings. The Bertz CT molecular complexity index is 2890. The molecule has 0 saturated heterocycles. The average molecular weight is 969 g/mol. The fraction of sp³-hybridized carbons (Fsp3) is 0.240. The fourth-order valence-electron chi connectivity index (χ4n) is 7.98. The highest BCUT2D eigenvalue weighted by Gasteiger charge is 2.39. The highest BCUT2D eigenvalue weighted by Crippen LogP contribution is 2.48. The molecule has 2 aliphatic heterocycles. The Morgan fingerprint density at radius 1 is 0.471 bits per heavy atom. The summed E-state index contributed by atoms with van der Waals surface area (Å²) in [5.74, 6) is -3.10. The van der Waals surface area contributed by atoms with Crippen molar-refractivity contribution >= 4 is 11.9 Å². The first kappa shape index (κ1) is 49.0. The first-order valence-electron chi connectivity index (χ1n) is 21.0. The highest BCUT2D eigenvalue weighted by atomic mass is 16.6. The van der Waals surface area contributed by atoms with E-state index in [1.165, 1.54) is 66.7 Å². The van der Waals surface area contributed by atoms with E-state index in [9.17, 15) is 55.5 Å². The van der Waals surface area contributed by atoms with Gasteiger partial charge in [0.15, 0.2) is 64.0 Å². The van der Waals surface area contributed by atoms with Crippen molar-refractivity contribution in [2.45, 2.75) is 44.2 Å². The zero-order chi connectivity index (χ0) is 50.7. The summed E-state index contributed by atoms with van der Waals surface area (Å²) in [6.07, 6.45) is -3.61. The minimum absolute atomic E-state index is 0.0205. The van der Waals surface area contributed by atoms with Gasteiger partial charge in [0, 0.05) is 59.4 Å². The standard InChI is InChI=1S/C26H26O10.C24H22O10/c1-12-5-14(6-18(29)23(12)30)26(31)36-22-11-16-17(28)9-15(27)10-19(16)35-24(22)13-7-20(32-2)25(34-4)21(8-13)33-3;1-31-18-4-3-11(7-20(18)32-2)23-21(10-14-15(26)8-13(25)9-19(14)33-23)34-24(30)12-5-16(27)22(29)17(28)6-12/h5-10,22,24,27-30H,11H2,1-4H3;3-9,21,23,25-29H,10H2,1-2H3/t22-,24-;21-,23-/m11/s1. The summed E-state index contributed by atoms with van der Waals surface area (Å²) in [5.41, 5.74) is 1.84. The average Bonchev–Trinajstić information content (AvgIpc) is 3.33. The minimum Gasteiger partial charge on any atom is -0.508 e. The van der Waals surface area contributed by atoms with Crippen LogP contribution in [0.1, 0.15) is 60.7 Å². The molecule has 0 aromatic heterocycles. The van der Waals surface area contributed by atoms with Crippen molar-refractivity contribution in [1.29, 1.82) is 0 Å². The van der Waals surface area contributed by atoms with Crippen LogP contribution in [0.5, 0.6) is 92.0 Å². The maximum Gasteiger partial charge on any atom is 0.338 e. The topological polar surface area (TPSA) is 299 Å². The van der Waals surface area contributed by atoms with Crippen LogP contribution >= 0.6 is 0 Å². The Morgan fingerprint density at radius 3 is 1.34 bits per heavy atom. The molecule has 70 heavy (non-hydrogen) atoms. The predicted octanol–water partition coefficient (Wildman–Crippen LogP) is 6.88. The number of carbonyl (C=O) groups is 2. The molecule has 0 bridgehead atoms. The van der Waals surface area contributed by atoms with Crippen molar-refractivity contribution in [2.75, 3.05) is 35.5 Å². The Labute approximate surface area is 398 Å². The van der Waals surface area contributed by atoms with Crippen LogP contribution in [0, 0.1) is 6.92 Å². The SMILES string of the molecule is COc1cc([C@H]2Oc3cc(O)cc(O)c3C[C@H]2OC(=O)c2cc(C)c(O)c(O)c2)cc(OC)c1OC.COc1ccc([C@H]2Oc3cc(O)cc(O)c3C[C@H]2OC(=O)c2cc(O)c(O)c(O)c2)cc1OC. The van der Waals surface area contributed by atoms with Gasteiger partial charge in [-0.05, 0) is 61.0 Å². The number of methoxy groups -OCH3 is 5. The van der Waals surface area contributed by atoms with Gasteiger partial charge in [-0.25, -0.2) is 9.59 Å². The molecule has 20 nitrogen and oxygen atoms in total. The molecule has 0 radical (unpaired) electrons. The number of hydrogen-bond acceptors (Lipinski definition) is 20. The van der Waals surface area contributed by atoms with Crippen LogP contribution in [-0.4, -0.2) is 106 Å². The molecule has 4 atom stereocenters. The van der Waals surface area contributed by atoms with Crippen molar-refractivity contribution in [1.82, 2.24) is 0 Å². The Morgan fingerprint density at radius 2 is 0.900 bits per heavy atom. The van der Waals surface area contributed by atoms with E-state index < -0.39 is 59.4 Å². The van der Waals surface area contributed by atoms with Gasteiger partial charge < -0.3 is 88.6 Å². The lowest BCUT2D eigenvalue weighted by Crippen LogP contribution is -2.35. The number of phenols is 9. The van der Waals surface area contributed by atoms with Gasteiger partial charge in [-0.2, -0.15) is 0 Å². The molecular weight excluding hydrogens is 921 g/mol. The van der Waals surface area contributed by atoms with E-state index in [-0.39, 0.29) is 64.2 Å². The number of fused-ring (bicyclic) bond motifs is 2. The molecule has 0 amide bonds. The molecule has 0 fully saturated rings.